The topological polar surface area (TPSA) is 64.6 Å². The number of aryl methyl sites for hydroxylation is 1. The second-order valence-electron chi connectivity index (χ2n) is 6.17. The fraction of sp³-hybridized carbons (Fsp3) is 0.368. The van der Waals surface area contributed by atoms with Crippen LogP contribution in [0.1, 0.15) is 40.1 Å². The highest BCUT2D eigenvalue weighted by atomic mass is 79.9. The lowest BCUT2D eigenvalue weighted by Gasteiger charge is -2.10. The first kappa shape index (κ1) is 20.2. The molecule has 8 heteroatoms. The van der Waals surface area contributed by atoms with E-state index in [9.17, 15) is 9.59 Å². The van der Waals surface area contributed by atoms with Gasteiger partial charge in [0.1, 0.15) is 10.8 Å². The van der Waals surface area contributed by atoms with Gasteiger partial charge >= 0.3 is 5.97 Å². The quantitative estimate of drug-likeness (QED) is 0.477. The Hall–Kier alpha value is -1.57. The summed E-state index contributed by atoms with van der Waals surface area (Å²) < 4.78 is 11.2. The average Bonchev–Trinajstić information content (AvgIpc) is 2.81. The number of fused-ring (bicyclic) bond motifs is 1. The molecule has 0 saturated heterocycles. The predicted molar refractivity (Wildman–Crippen MR) is 110 cm³/mol. The maximum atomic E-state index is 12.4. The summed E-state index contributed by atoms with van der Waals surface area (Å²) in [4.78, 5) is 25.8. The molecule has 0 fully saturated rings. The van der Waals surface area contributed by atoms with E-state index < -0.39 is 5.97 Å². The Morgan fingerprint density at radius 1 is 1.26 bits per heavy atom. The van der Waals surface area contributed by atoms with Crippen molar-refractivity contribution in [2.75, 3.05) is 19.0 Å². The molecule has 144 valence electrons. The number of anilines is 1. The van der Waals surface area contributed by atoms with Crippen molar-refractivity contribution in [3.8, 4) is 5.75 Å². The zero-order valence-corrected chi connectivity index (χ0v) is 17.9. The predicted octanol–water partition coefficient (Wildman–Crippen LogP) is 5.24. The van der Waals surface area contributed by atoms with E-state index >= 15 is 0 Å². The second-order valence-corrected chi connectivity index (χ2v) is 8.57. The zero-order valence-electron chi connectivity index (χ0n) is 14.8. The maximum absolute atomic E-state index is 12.4. The third kappa shape index (κ3) is 4.83. The van der Waals surface area contributed by atoms with E-state index in [1.54, 1.807) is 18.2 Å². The van der Waals surface area contributed by atoms with Crippen LogP contribution in [0.4, 0.5) is 5.00 Å². The molecule has 3 rings (SSSR count). The second kappa shape index (κ2) is 9.08. The third-order valence-electron chi connectivity index (χ3n) is 4.32. The lowest BCUT2D eigenvalue weighted by Crippen LogP contribution is -2.21. The SMILES string of the molecule is COC(=O)c1c(NC(=O)COc2ccc(Cl)cc2Br)sc2c1CCCCC2. The number of nitrogens with one attached hydrogen (secondary N) is 1. The van der Waals surface area contributed by atoms with Crippen LogP contribution in [0.2, 0.25) is 5.02 Å². The highest BCUT2D eigenvalue weighted by Gasteiger charge is 2.26. The number of rotatable bonds is 5. The molecule has 1 aliphatic carbocycles. The number of carbonyl (C=O) groups is 2. The van der Waals surface area contributed by atoms with Crippen LogP contribution < -0.4 is 10.1 Å². The molecule has 0 unspecified atom stereocenters. The van der Waals surface area contributed by atoms with Crippen LogP contribution in [-0.2, 0) is 22.4 Å². The van der Waals surface area contributed by atoms with Gasteiger partial charge in [0.15, 0.2) is 6.61 Å². The summed E-state index contributed by atoms with van der Waals surface area (Å²) in [6.07, 6.45) is 5.03. The van der Waals surface area contributed by atoms with Crippen LogP contribution in [0, 0.1) is 0 Å². The van der Waals surface area contributed by atoms with E-state index in [0.717, 1.165) is 42.5 Å². The van der Waals surface area contributed by atoms with Crippen LogP contribution in [-0.4, -0.2) is 25.6 Å². The molecule has 0 aliphatic heterocycles. The summed E-state index contributed by atoms with van der Waals surface area (Å²) in [5.41, 5.74) is 1.50. The zero-order chi connectivity index (χ0) is 19.4. The number of hydrogen-bond acceptors (Lipinski definition) is 5. The molecule has 1 aromatic carbocycles. The summed E-state index contributed by atoms with van der Waals surface area (Å²) in [5, 5.41) is 3.93. The molecule has 1 aliphatic rings. The first-order valence-corrected chi connectivity index (χ1v) is 10.6. The molecule has 1 N–H and O–H groups in total. The largest absolute Gasteiger partial charge is 0.483 e. The van der Waals surface area contributed by atoms with Crippen molar-refractivity contribution in [1.29, 1.82) is 0 Å². The summed E-state index contributed by atoms with van der Waals surface area (Å²) >= 11 is 10.7. The molecule has 2 aromatic rings. The van der Waals surface area contributed by atoms with Gasteiger partial charge in [-0.05, 0) is 65.4 Å². The molecule has 1 heterocycles. The van der Waals surface area contributed by atoms with Crippen LogP contribution in [0.5, 0.6) is 5.75 Å². The Kier molecular flexibility index (Phi) is 6.78. The standard InChI is InChI=1S/C19H19BrClNO4S/c1-25-19(24)17-12-5-3-2-4-6-15(12)27-18(17)22-16(23)10-26-14-8-7-11(21)9-13(14)20/h7-9H,2-6,10H2,1H3,(H,22,23). The minimum Gasteiger partial charge on any atom is -0.483 e. The van der Waals surface area contributed by atoms with Gasteiger partial charge in [0.05, 0.1) is 17.1 Å². The Morgan fingerprint density at radius 3 is 2.78 bits per heavy atom. The lowest BCUT2D eigenvalue weighted by atomic mass is 10.1. The molecule has 1 aromatic heterocycles. The maximum Gasteiger partial charge on any atom is 0.341 e. The van der Waals surface area contributed by atoms with Crippen molar-refractivity contribution >= 4 is 55.7 Å². The van der Waals surface area contributed by atoms with Gasteiger partial charge in [-0.3, -0.25) is 4.79 Å². The number of halogens is 2. The average molecular weight is 473 g/mol. The van der Waals surface area contributed by atoms with E-state index in [4.69, 9.17) is 21.1 Å². The number of amides is 1. The van der Waals surface area contributed by atoms with Gasteiger partial charge in [0, 0.05) is 9.90 Å². The minimum atomic E-state index is -0.411. The first-order valence-electron chi connectivity index (χ1n) is 8.60. The van der Waals surface area contributed by atoms with Crippen LogP contribution in [0.3, 0.4) is 0 Å². The van der Waals surface area contributed by atoms with E-state index in [2.05, 4.69) is 21.2 Å². The lowest BCUT2D eigenvalue weighted by molar-refractivity contribution is -0.118. The van der Waals surface area contributed by atoms with Crippen molar-refractivity contribution < 1.29 is 19.1 Å². The number of hydrogen-bond donors (Lipinski definition) is 1. The van der Waals surface area contributed by atoms with Gasteiger partial charge in [-0.25, -0.2) is 4.79 Å². The van der Waals surface area contributed by atoms with Crippen molar-refractivity contribution in [1.82, 2.24) is 0 Å². The molecule has 0 bridgehead atoms. The molecule has 5 nitrogen and oxygen atoms in total. The monoisotopic (exact) mass is 471 g/mol. The molecule has 0 radical (unpaired) electrons. The molecule has 1 amide bonds. The van der Waals surface area contributed by atoms with Gasteiger partial charge in [-0.2, -0.15) is 0 Å². The highest BCUT2D eigenvalue weighted by Crippen LogP contribution is 2.38. The van der Waals surface area contributed by atoms with Crippen LogP contribution in [0.15, 0.2) is 22.7 Å². The minimum absolute atomic E-state index is 0.177. The first-order chi connectivity index (χ1) is 13.0. The Bertz CT molecular complexity index is 868. The van der Waals surface area contributed by atoms with Gasteiger partial charge < -0.3 is 14.8 Å². The molecule has 0 saturated carbocycles. The Labute approximate surface area is 175 Å². The van der Waals surface area contributed by atoms with Crippen molar-refractivity contribution in [3.05, 3.63) is 43.7 Å². The van der Waals surface area contributed by atoms with Gasteiger partial charge in [-0.1, -0.05) is 18.0 Å². The van der Waals surface area contributed by atoms with Gasteiger partial charge in [-0.15, -0.1) is 11.3 Å². The molecule has 27 heavy (non-hydrogen) atoms. The van der Waals surface area contributed by atoms with Crippen molar-refractivity contribution in [3.63, 3.8) is 0 Å². The van der Waals surface area contributed by atoms with Crippen molar-refractivity contribution in [2.45, 2.75) is 32.1 Å². The molecular weight excluding hydrogens is 454 g/mol. The number of carbonyl (C=O) groups excluding carboxylic acids is 2. The number of esters is 1. The summed E-state index contributed by atoms with van der Waals surface area (Å²) in [5.74, 6) is -0.228. The number of methoxy groups -OCH3 is 1. The summed E-state index contributed by atoms with van der Waals surface area (Å²) in [7, 11) is 1.36. The van der Waals surface area contributed by atoms with Crippen LogP contribution >= 0.6 is 38.9 Å². The fourth-order valence-corrected chi connectivity index (χ4v) is 5.14. The van der Waals surface area contributed by atoms with E-state index in [-0.39, 0.29) is 12.5 Å². The van der Waals surface area contributed by atoms with E-state index in [1.165, 1.54) is 18.4 Å². The number of benzene rings is 1. The fourth-order valence-electron chi connectivity index (χ4n) is 3.05. The number of ether oxygens (including phenoxy) is 2. The normalized spacial score (nSPS) is 13.4. The summed E-state index contributed by atoms with van der Waals surface area (Å²) in [6, 6.07) is 5.07. The Morgan fingerprint density at radius 2 is 2.04 bits per heavy atom. The smallest absolute Gasteiger partial charge is 0.341 e. The molecule has 0 atom stereocenters. The van der Waals surface area contributed by atoms with Crippen LogP contribution in [0.25, 0.3) is 0 Å². The highest BCUT2D eigenvalue weighted by molar-refractivity contribution is 9.10. The van der Waals surface area contributed by atoms with Gasteiger partial charge in [0.25, 0.3) is 5.91 Å². The van der Waals surface area contributed by atoms with Gasteiger partial charge in [0.2, 0.25) is 0 Å². The number of thiophene rings is 1. The molecule has 0 spiro atoms. The van der Waals surface area contributed by atoms with E-state index in [0.29, 0.717) is 25.8 Å². The van der Waals surface area contributed by atoms with Crippen molar-refractivity contribution in [2.24, 2.45) is 0 Å². The molecular formula is C19H19BrClNO4S. The third-order valence-corrected chi connectivity index (χ3v) is 6.38. The van der Waals surface area contributed by atoms with E-state index in [1.807, 2.05) is 0 Å². The Balaban J connectivity index is 1.74. The summed E-state index contributed by atoms with van der Waals surface area (Å²) in [6.45, 7) is -0.177.